The highest BCUT2D eigenvalue weighted by molar-refractivity contribution is 7.99. The van der Waals surface area contributed by atoms with Gasteiger partial charge >= 0.3 is 6.01 Å². The van der Waals surface area contributed by atoms with E-state index >= 15 is 0 Å². The first kappa shape index (κ1) is 11.6. The number of anilines is 1. The molecule has 2 N–H and O–H groups in total. The molecular formula is C8H11N7OS. The van der Waals surface area contributed by atoms with E-state index in [0.717, 1.165) is 6.54 Å². The number of methoxy groups -OCH3 is 1. The van der Waals surface area contributed by atoms with Gasteiger partial charge in [-0.2, -0.15) is 20.1 Å². The molecule has 0 aliphatic carbocycles. The van der Waals surface area contributed by atoms with Gasteiger partial charge in [-0.3, -0.25) is 5.10 Å². The third kappa shape index (κ3) is 3.03. The Morgan fingerprint density at radius 3 is 2.94 bits per heavy atom. The molecule has 0 aliphatic heterocycles. The highest BCUT2D eigenvalue weighted by Gasteiger charge is 2.09. The average molecular weight is 253 g/mol. The molecule has 0 saturated carbocycles. The van der Waals surface area contributed by atoms with Crippen LogP contribution in [0.4, 0.5) is 5.95 Å². The highest BCUT2D eigenvalue weighted by atomic mass is 32.2. The molecule has 0 spiro atoms. The molecule has 0 atom stereocenters. The summed E-state index contributed by atoms with van der Waals surface area (Å²) in [5.74, 6) is 0.473. The van der Waals surface area contributed by atoms with Gasteiger partial charge in [0.2, 0.25) is 11.1 Å². The van der Waals surface area contributed by atoms with Crippen LogP contribution in [0.25, 0.3) is 0 Å². The van der Waals surface area contributed by atoms with E-state index in [0.29, 0.717) is 16.3 Å². The summed E-state index contributed by atoms with van der Waals surface area (Å²) in [6, 6.07) is 0.262. The zero-order valence-corrected chi connectivity index (χ0v) is 10.2. The lowest BCUT2D eigenvalue weighted by Gasteiger charge is -2.04. The van der Waals surface area contributed by atoms with Crippen molar-refractivity contribution < 1.29 is 4.74 Å². The molecule has 0 fully saturated rings. The summed E-state index contributed by atoms with van der Waals surface area (Å²) in [7, 11) is 1.51. The molecule has 0 radical (unpaired) electrons. The SMILES string of the molecule is CCNc1nc(OC)nc(Sc2ncn[nH]2)n1. The molecule has 2 aromatic rings. The van der Waals surface area contributed by atoms with Crippen LogP contribution in [0.5, 0.6) is 6.01 Å². The summed E-state index contributed by atoms with van der Waals surface area (Å²) in [5, 5.41) is 10.6. The van der Waals surface area contributed by atoms with Crippen LogP contribution in [-0.4, -0.2) is 43.8 Å². The van der Waals surface area contributed by atoms with E-state index in [2.05, 4.69) is 35.5 Å². The van der Waals surface area contributed by atoms with Crippen molar-refractivity contribution in [1.82, 2.24) is 30.1 Å². The Bertz CT molecular complexity index is 475. The fourth-order valence-corrected chi connectivity index (χ4v) is 1.67. The van der Waals surface area contributed by atoms with Crippen molar-refractivity contribution in [2.45, 2.75) is 17.2 Å². The number of hydrogen-bond donors (Lipinski definition) is 2. The molecule has 2 heterocycles. The smallest absolute Gasteiger partial charge is 0.321 e. The minimum Gasteiger partial charge on any atom is -0.467 e. The van der Waals surface area contributed by atoms with Gasteiger partial charge in [-0.25, -0.2) is 4.98 Å². The predicted octanol–water partition coefficient (Wildman–Crippen LogP) is 0.581. The van der Waals surface area contributed by atoms with Gasteiger partial charge in [0.05, 0.1) is 7.11 Å². The second kappa shape index (κ2) is 5.43. The summed E-state index contributed by atoms with van der Waals surface area (Å²) >= 11 is 1.25. The fourth-order valence-electron chi connectivity index (χ4n) is 1.04. The normalized spacial score (nSPS) is 10.2. The first-order valence-electron chi connectivity index (χ1n) is 4.89. The van der Waals surface area contributed by atoms with Crippen molar-refractivity contribution >= 4 is 17.7 Å². The lowest BCUT2D eigenvalue weighted by Crippen LogP contribution is -2.05. The lowest BCUT2D eigenvalue weighted by molar-refractivity contribution is 0.373. The third-order valence-corrected chi connectivity index (χ3v) is 2.45. The van der Waals surface area contributed by atoms with Crippen LogP contribution < -0.4 is 10.1 Å². The van der Waals surface area contributed by atoms with Gasteiger partial charge in [-0.15, -0.1) is 0 Å². The Morgan fingerprint density at radius 2 is 2.29 bits per heavy atom. The van der Waals surface area contributed by atoms with Crippen molar-refractivity contribution in [3.8, 4) is 6.01 Å². The van der Waals surface area contributed by atoms with E-state index in [1.807, 2.05) is 6.92 Å². The van der Waals surface area contributed by atoms with Gasteiger partial charge in [0.15, 0.2) is 5.16 Å². The summed E-state index contributed by atoms with van der Waals surface area (Å²) in [6.07, 6.45) is 1.42. The van der Waals surface area contributed by atoms with Gasteiger partial charge in [0.1, 0.15) is 6.33 Å². The quantitative estimate of drug-likeness (QED) is 0.798. The molecule has 9 heteroatoms. The molecule has 0 aliphatic rings. The average Bonchev–Trinajstić information content (AvgIpc) is 2.82. The molecule has 8 nitrogen and oxygen atoms in total. The van der Waals surface area contributed by atoms with Crippen LogP contribution in [0.3, 0.4) is 0 Å². The van der Waals surface area contributed by atoms with E-state index in [1.54, 1.807) is 0 Å². The minimum absolute atomic E-state index is 0.262. The minimum atomic E-state index is 0.262. The van der Waals surface area contributed by atoms with Crippen LogP contribution in [-0.2, 0) is 0 Å². The highest BCUT2D eigenvalue weighted by Crippen LogP contribution is 2.22. The molecule has 17 heavy (non-hydrogen) atoms. The maximum absolute atomic E-state index is 5.00. The van der Waals surface area contributed by atoms with Crippen LogP contribution in [0.15, 0.2) is 16.6 Å². The van der Waals surface area contributed by atoms with Gasteiger partial charge in [-0.1, -0.05) is 0 Å². The van der Waals surface area contributed by atoms with Crippen LogP contribution in [0.1, 0.15) is 6.92 Å². The Morgan fingerprint density at radius 1 is 1.41 bits per heavy atom. The maximum Gasteiger partial charge on any atom is 0.321 e. The summed E-state index contributed by atoms with van der Waals surface area (Å²) in [5.41, 5.74) is 0. The fraction of sp³-hybridized carbons (Fsp3) is 0.375. The van der Waals surface area contributed by atoms with Crippen molar-refractivity contribution in [3.63, 3.8) is 0 Å². The first-order valence-corrected chi connectivity index (χ1v) is 5.70. The van der Waals surface area contributed by atoms with Crippen molar-refractivity contribution in [2.24, 2.45) is 0 Å². The standard InChI is InChI=1S/C8H11N7OS/c1-3-9-5-12-6(16-2)14-8(13-5)17-7-10-4-11-15-7/h4H,3H2,1-2H3,(H,10,11,15)(H,9,12,13,14). The second-order valence-electron chi connectivity index (χ2n) is 2.85. The van der Waals surface area contributed by atoms with E-state index in [9.17, 15) is 0 Å². The maximum atomic E-state index is 5.00. The largest absolute Gasteiger partial charge is 0.467 e. The number of aromatic amines is 1. The summed E-state index contributed by atoms with van der Waals surface area (Å²) in [6.45, 7) is 2.68. The van der Waals surface area contributed by atoms with Gasteiger partial charge < -0.3 is 10.1 Å². The summed E-state index contributed by atoms with van der Waals surface area (Å²) in [4.78, 5) is 16.3. The Balaban J connectivity index is 2.23. The number of ether oxygens (including phenoxy) is 1. The molecule has 0 amide bonds. The Kier molecular flexibility index (Phi) is 3.70. The number of hydrogen-bond acceptors (Lipinski definition) is 8. The Hall–Kier alpha value is -1.90. The number of rotatable bonds is 5. The van der Waals surface area contributed by atoms with E-state index in [4.69, 9.17) is 4.74 Å². The van der Waals surface area contributed by atoms with Crippen molar-refractivity contribution in [3.05, 3.63) is 6.33 Å². The third-order valence-electron chi connectivity index (χ3n) is 1.69. The number of nitrogens with zero attached hydrogens (tertiary/aromatic N) is 5. The topological polar surface area (TPSA) is 102 Å². The molecule has 2 aromatic heterocycles. The molecule has 0 aromatic carbocycles. The molecular weight excluding hydrogens is 242 g/mol. The van der Waals surface area contributed by atoms with E-state index in [1.165, 1.54) is 25.2 Å². The van der Waals surface area contributed by atoms with Gasteiger partial charge in [0, 0.05) is 6.54 Å². The van der Waals surface area contributed by atoms with E-state index in [-0.39, 0.29) is 6.01 Å². The van der Waals surface area contributed by atoms with Crippen LogP contribution in [0, 0.1) is 0 Å². The molecule has 0 unspecified atom stereocenters. The monoisotopic (exact) mass is 253 g/mol. The molecule has 0 bridgehead atoms. The van der Waals surface area contributed by atoms with Crippen LogP contribution in [0.2, 0.25) is 0 Å². The second-order valence-corrected chi connectivity index (χ2v) is 3.81. The van der Waals surface area contributed by atoms with Crippen LogP contribution >= 0.6 is 11.8 Å². The molecule has 0 saturated heterocycles. The lowest BCUT2D eigenvalue weighted by atomic mass is 10.7. The van der Waals surface area contributed by atoms with Crippen molar-refractivity contribution in [1.29, 1.82) is 0 Å². The van der Waals surface area contributed by atoms with Crippen molar-refractivity contribution in [2.75, 3.05) is 19.0 Å². The zero-order valence-electron chi connectivity index (χ0n) is 9.34. The number of nitrogens with one attached hydrogen (secondary N) is 2. The molecule has 90 valence electrons. The van der Waals surface area contributed by atoms with Gasteiger partial charge in [0.25, 0.3) is 0 Å². The number of H-pyrrole nitrogens is 1. The van der Waals surface area contributed by atoms with Gasteiger partial charge in [-0.05, 0) is 18.7 Å². The number of aromatic nitrogens is 6. The molecule has 2 rings (SSSR count). The zero-order chi connectivity index (χ0) is 12.1. The summed E-state index contributed by atoms with van der Waals surface area (Å²) < 4.78 is 5.00. The first-order chi connectivity index (χ1) is 8.31. The predicted molar refractivity (Wildman–Crippen MR) is 61.0 cm³/mol. The van der Waals surface area contributed by atoms with E-state index < -0.39 is 0 Å². The Labute approximate surface area is 102 Å².